The number of hydrogen-bond acceptors (Lipinski definition) is 5. The van der Waals surface area contributed by atoms with Gasteiger partial charge >= 0.3 is 5.88 Å². The quantitative estimate of drug-likeness (QED) is 0.635. The standard InChI is InChI=1S/C11H17N3O3/c1-8-4-5-13(7-10(8)12)6-9-2-3-11(17-9)14(15)16/h2-3,8,10H,4-7,12H2,1H3. The van der Waals surface area contributed by atoms with E-state index in [1.54, 1.807) is 6.07 Å². The summed E-state index contributed by atoms with van der Waals surface area (Å²) in [6.07, 6.45) is 1.06. The van der Waals surface area contributed by atoms with Gasteiger partial charge in [0.2, 0.25) is 0 Å². The Labute approximate surface area is 99.5 Å². The van der Waals surface area contributed by atoms with Crippen LogP contribution in [0.3, 0.4) is 0 Å². The lowest BCUT2D eigenvalue weighted by atomic mass is 9.94. The van der Waals surface area contributed by atoms with E-state index in [-0.39, 0.29) is 11.9 Å². The fraction of sp³-hybridized carbons (Fsp3) is 0.636. The SMILES string of the molecule is CC1CCN(Cc2ccc([N+](=O)[O-])o2)CC1N. The van der Waals surface area contributed by atoms with Gasteiger partial charge in [-0.1, -0.05) is 6.92 Å². The van der Waals surface area contributed by atoms with Crippen molar-refractivity contribution in [2.45, 2.75) is 25.9 Å². The number of nitrogens with two attached hydrogens (primary N) is 1. The van der Waals surface area contributed by atoms with E-state index in [1.807, 2.05) is 0 Å². The molecule has 1 aromatic heterocycles. The highest BCUT2D eigenvalue weighted by Gasteiger charge is 2.24. The molecule has 0 aliphatic carbocycles. The number of nitrogens with zero attached hydrogens (tertiary/aromatic N) is 2. The molecule has 2 N–H and O–H groups in total. The molecule has 0 spiro atoms. The van der Waals surface area contributed by atoms with Crippen molar-refractivity contribution in [1.82, 2.24) is 4.90 Å². The van der Waals surface area contributed by atoms with E-state index >= 15 is 0 Å². The highest BCUT2D eigenvalue weighted by molar-refractivity contribution is 5.17. The molecule has 94 valence electrons. The Morgan fingerprint density at radius 2 is 2.41 bits per heavy atom. The largest absolute Gasteiger partial charge is 0.433 e. The molecule has 1 aliphatic rings. The van der Waals surface area contributed by atoms with Gasteiger partial charge in [-0.3, -0.25) is 15.0 Å². The molecule has 17 heavy (non-hydrogen) atoms. The first-order chi connectivity index (χ1) is 8.06. The molecular formula is C11H17N3O3. The minimum absolute atomic E-state index is 0.175. The second-order valence-electron chi connectivity index (χ2n) is 4.66. The van der Waals surface area contributed by atoms with E-state index in [0.29, 0.717) is 18.2 Å². The summed E-state index contributed by atoms with van der Waals surface area (Å²) in [6, 6.07) is 3.22. The molecule has 1 fully saturated rings. The molecule has 1 aromatic rings. The summed E-state index contributed by atoms with van der Waals surface area (Å²) < 4.78 is 5.13. The molecule has 0 aromatic carbocycles. The van der Waals surface area contributed by atoms with Crippen molar-refractivity contribution in [3.05, 3.63) is 28.0 Å². The molecule has 0 radical (unpaired) electrons. The fourth-order valence-electron chi connectivity index (χ4n) is 2.08. The van der Waals surface area contributed by atoms with Gasteiger partial charge in [0, 0.05) is 12.6 Å². The van der Waals surface area contributed by atoms with E-state index in [2.05, 4.69) is 11.8 Å². The Balaban J connectivity index is 1.94. The van der Waals surface area contributed by atoms with Crippen LogP contribution in [0.1, 0.15) is 19.1 Å². The van der Waals surface area contributed by atoms with Crippen LogP contribution >= 0.6 is 0 Å². The van der Waals surface area contributed by atoms with Gasteiger partial charge in [0.1, 0.15) is 10.7 Å². The van der Waals surface area contributed by atoms with Gasteiger partial charge in [-0.05, 0) is 24.9 Å². The summed E-state index contributed by atoms with van der Waals surface area (Å²) in [7, 11) is 0. The zero-order valence-corrected chi connectivity index (χ0v) is 9.83. The van der Waals surface area contributed by atoms with Gasteiger partial charge in [-0.2, -0.15) is 0 Å². The summed E-state index contributed by atoms with van der Waals surface area (Å²) in [5.41, 5.74) is 6.00. The first-order valence-corrected chi connectivity index (χ1v) is 5.77. The molecule has 0 bridgehead atoms. The predicted molar refractivity (Wildman–Crippen MR) is 62.4 cm³/mol. The zero-order chi connectivity index (χ0) is 12.4. The van der Waals surface area contributed by atoms with Crippen molar-refractivity contribution in [1.29, 1.82) is 0 Å². The van der Waals surface area contributed by atoms with E-state index in [0.717, 1.165) is 19.5 Å². The molecule has 2 heterocycles. The monoisotopic (exact) mass is 239 g/mol. The minimum atomic E-state index is -0.520. The van der Waals surface area contributed by atoms with Crippen LogP contribution in [0.5, 0.6) is 0 Å². The van der Waals surface area contributed by atoms with E-state index in [9.17, 15) is 10.1 Å². The molecule has 6 heteroatoms. The number of likely N-dealkylation sites (tertiary alicyclic amines) is 1. The lowest BCUT2D eigenvalue weighted by Gasteiger charge is -2.34. The zero-order valence-electron chi connectivity index (χ0n) is 9.83. The van der Waals surface area contributed by atoms with Crippen LogP contribution in [0.4, 0.5) is 5.88 Å². The number of rotatable bonds is 3. The number of piperidine rings is 1. The van der Waals surface area contributed by atoms with E-state index in [4.69, 9.17) is 10.2 Å². The van der Waals surface area contributed by atoms with Crippen molar-refractivity contribution in [3.63, 3.8) is 0 Å². The van der Waals surface area contributed by atoms with Gasteiger partial charge in [-0.25, -0.2) is 0 Å². The molecule has 1 aliphatic heterocycles. The predicted octanol–water partition coefficient (Wildman–Crippen LogP) is 1.36. The Bertz CT molecular complexity index is 404. The van der Waals surface area contributed by atoms with Crippen LogP contribution in [-0.4, -0.2) is 29.0 Å². The molecule has 0 amide bonds. The van der Waals surface area contributed by atoms with E-state index < -0.39 is 4.92 Å². The second kappa shape index (κ2) is 4.85. The minimum Gasteiger partial charge on any atom is -0.404 e. The first kappa shape index (κ1) is 12.1. The van der Waals surface area contributed by atoms with Crippen molar-refractivity contribution in [2.75, 3.05) is 13.1 Å². The van der Waals surface area contributed by atoms with Crippen LogP contribution in [-0.2, 0) is 6.54 Å². The number of hydrogen-bond donors (Lipinski definition) is 1. The molecule has 2 unspecified atom stereocenters. The molecule has 2 rings (SSSR count). The third-order valence-electron chi connectivity index (χ3n) is 3.31. The van der Waals surface area contributed by atoms with Crippen molar-refractivity contribution in [3.8, 4) is 0 Å². The Kier molecular flexibility index (Phi) is 3.44. The summed E-state index contributed by atoms with van der Waals surface area (Å²) in [5.74, 6) is 0.963. The lowest BCUT2D eigenvalue weighted by molar-refractivity contribution is -0.402. The van der Waals surface area contributed by atoms with Gasteiger partial charge in [0.25, 0.3) is 0 Å². The molecule has 6 nitrogen and oxygen atoms in total. The smallest absolute Gasteiger partial charge is 0.404 e. The second-order valence-corrected chi connectivity index (χ2v) is 4.66. The van der Waals surface area contributed by atoms with Gasteiger partial charge in [0.15, 0.2) is 0 Å². The molecular weight excluding hydrogens is 222 g/mol. The molecule has 0 saturated carbocycles. The Morgan fingerprint density at radius 1 is 1.65 bits per heavy atom. The molecule has 2 atom stereocenters. The van der Waals surface area contributed by atoms with Crippen LogP contribution in [0.15, 0.2) is 16.5 Å². The average molecular weight is 239 g/mol. The fourth-order valence-corrected chi connectivity index (χ4v) is 2.08. The normalized spacial score (nSPS) is 26.0. The Hall–Kier alpha value is -1.40. The lowest BCUT2D eigenvalue weighted by Crippen LogP contribution is -2.47. The number of nitro groups is 1. The summed E-state index contributed by atoms with van der Waals surface area (Å²) in [4.78, 5) is 12.1. The van der Waals surface area contributed by atoms with Crippen molar-refractivity contribution >= 4 is 5.88 Å². The summed E-state index contributed by atoms with van der Waals surface area (Å²) in [6.45, 7) is 4.52. The van der Waals surface area contributed by atoms with Gasteiger partial charge in [-0.15, -0.1) is 0 Å². The van der Waals surface area contributed by atoms with Crippen LogP contribution in [0.25, 0.3) is 0 Å². The summed E-state index contributed by atoms with van der Waals surface area (Å²) in [5, 5.41) is 10.5. The topological polar surface area (TPSA) is 85.5 Å². The van der Waals surface area contributed by atoms with Gasteiger partial charge in [0.05, 0.1) is 12.6 Å². The third kappa shape index (κ3) is 2.83. The third-order valence-corrected chi connectivity index (χ3v) is 3.31. The maximum Gasteiger partial charge on any atom is 0.433 e. The van der Waals surface area contributed by atoms with Crippen LogP contribution < -0.4 is 5.73 Å². The van der Waals surface area contributed by atoms with Crippen LogP contribution in [0.2, 0.25) is 0 Å². The highest BCUT2D eigenvalue weighted by Crippen LogP contribution is 2.20. The van der Waals surface area contributed by atoms with Crippen molar-refractivity contribution in [2.24, 2.45) is 11.7 Å². The average Bonchev–Trinajstić information content (AvgIpc) is 2.72. The highest BCUT2D eigenvalue weighted by atomic mass is 16.6. The van der Waals surface area contributed by atoms with Crippen LogP contribution in [0, 0.1) is 16.0 Å². The molecule has 1 saturated heterocycles. The maximum atomic E-state index is 10.5. The van der Waals surface area contributed by atoms with Gasteiger partial charge < -0.3 is 10.2 Å². The first-order valence-electron chi connectivity index (χ1n) is 5.77. The Morgan fingerprint density at radius 3 is 3.00 bits per heavy atom. The van der Waals surface area contributed by atoms with Crippen molar-refractivity contribution < 1.29 is 9.34 Å². The number of furan rings is 1. The maximum absolute atomic E-state index is 10.5. The summed E-state index contributed by atoms with van der Waals surface area (Å²) >= 11 is 0. The van der Waals surface area contributed by atoms with E-state index in [1.165, 1.54) is 6.07 Å².